The molecule has 0 atom stereocenters. The van der Waals surface area contributed by atoms with Gasteiger partial charge in [0.25, 0.3) is 0 Å². The van der Waals surface area contributed by atoms with Gasteiger partial charge in [-0.3, -0.25) is 4.79 Å². The van der Waals surface area contributed by atoms with Gasteiger partial charge < -0.3 is 10.1 Å². The Bertz CT molecular complexity index is 703. The van der Waals surface area contributed by atoms with Crippen LogP contribution < -0.4 is 10.1 Å². The third kappa shape index (κ3) is 4.94. The van der Waals surface area contributed by atoms with Gasteiger partial charge in [-0.15, -0.1) is 0 Å². The van der Waals surface area contributed by atoms with E-state index < -0.39 is 0 Å². The maximum absolute atomic E-state index is 11.7. The summed E-state index contributed by atoms with van der Waals surface area (Å²) in [6.45, 7) is 2.56. The Hall–Kier alpha value is -1.08. The standard InChI is InChI=1S/C18H19BrINO2/c1-3-12-7-8-17(15(19)9-12)23-11-14-13(10-18(22)21-2)5-4-6-16(14)20/h4-9H,3,10-11H2,1-2H3,(H,21,22). The number of likely N-dealkylation sites (N-methyl/N-ethyl adjacent to an activating group) is 1. The second-order valence-corrected chi connectivity index (χ2v) is 7.15. The molecule has 0 aliphatic carbocycles. The predicted molar refractivity (Wildman–Crippen MR) is 105 cm³/mol. The summed E-state index contributed by atoms with van der Waals surface area (Å²) in [4.78, 5) is 11.7. The van der Waals surface area contributed by atoms with Crippen molar-refractivity contribution >= 4 is 44.4 Å². The molecule has 5 heteroatoms. The predicted octanol–water partition coefficient (Wildman–Crippen LogP) is 4.48. The Morgan fingerprint density at radius 1 is 1.30 bits per heavy atom. The lowest BCUT2D eigenvalue weighted by molar-refractivity contribution is -0.119. The fourth-order valence-corrected chi connectivity index (χ4v) is 3.47. The molecule has 0 aromatic heterocycles. The van der Waals surface area contributed by atoms with Gasteiger partial charge in [0.05, 0.1) is 10.9 Å². The van der Waals surface area contributed by atoms with E-state index >= 15 is 0 Å². The molecule has 0 spiro atoms. The summed E-state index contributed by atoms with van der Waals surface area (Å²) in [6.07, 6.45) is 1.35. The zero-order chi connectivity index (χ0) is 16.8. The number of halogens is 2. The van der Waals surface area contributed by atoms with Gasteiger partial charge in [-0.1, -0.05) is 25.1 Å². The van der Waals surface area contributed by atoms with Crippen molar-refractivity contribution in [2.24, 2.45) is 0 Å². The number of rotatable bonds is 6. The fraction of sp³-hybridized carbons (Fsp3) is 0.278. The van der Waals surface area contributed by atoms with Gasteiger partial charge in [0.15, 0.2) is 0 Å². The summed E-state index contributed by atoms with van der Waals surface area (Å²) in [7, 11) is 1.65. The van der Waals surface area contributed by atoms with Crippen molar-refractivity contribution in [3.05, 3.63) is 61.1 Å². The van der Waals surface area contributed by atoms with E-state index in [0.717, 1.165) is 31.3 Å². The minimum atomic E-state index is 0.00160. The smallest absolute Gasteiger partial charge is 0.224 e. The van der Waals surface area contributed by atoms with Gasteiger partial charge in [-0.2, -0.15) is 0 Å². The van der Waals surface area contributed by atoms with Crippen molar-refractivity contribution in [3.8, 4) is 5.75 Å². The molecule has 0 fully saturated rings. The molecule has 0 radical (unpaired) electrons. The van der Waals surface area contributed by atoms with Crippen LogP contribution in [0.3, 0.4) is 0 Å². The molecule has 0 bridgehead atoms. The zero-order valence-corrected chi connectivity index (χ0v) is 16.9. The topological polar surface area (TPSA) is 38.3 Å². The van der Waals surface area contributed by atoms with E-state index in [9.17, 15) is 4.79 Å². The Labute approximate surface area is 159 Å². The molecule has 0 saturated carbocycles. The Balaban J connectivity index is 2.18. The van der Waals surface area contributed by atoms with Crippen LogP contribution in [0.4, 0.5) is 0 Å². The molecule has 2 rings (SSSR count). The highest BCUT2D eigenvalue weighted by Crippen LogP contribution is 2.28. The van der Waals surface area contributed by atoms with E-state index in [1.807, 2.05) is 24.3 Å². The zero-order valence-electron chi connectivity index (χ0n) is 13.2. The summed E-state index contributed by atoms with van der Waals surface area (Å²) < 4.78 is 8.03. The van der Waals surface area contributed by atoms with E-state index in [4.69, 9.17) is 4.74 Å². The van der Waals surface area contributed by atoms with E-state index in [1.165, 1.54) is 5.56 Å². The van der Waals surface area contributed by atoms with Crippen LogP contribution in [0.2, 0.25) is 0 Å². The summed E-state index contributed by atoms with van der Waals surface area (Å²) in [5, 5.41) is 2.67. The van der Waals surface area contributed by atoms with Crippen molar-refractivity contribution in [2.45, 2.75) is 26.4 Å². The molecule has 0 heterocycles. The van der Waals surface area contributed by atoms with E-state index in [0.29, 0.717) is 13.0 Å². The van der Waals surface area contributed by atoms with Crippen LogP contribution >= 0.6 is 38.5 Å². The van der Waals surface area contributed by atoms with Crippen molar-refractivity contribution in [1.29, 1.82) is 0 Å². The van der Waals surface area contributed by atoms with E-state index in [2.05, 4.69) is 62.9 Å². The van der Waals surface area contributed by atoms with Crippen LogP contribution in [-0.4, -0.2) is 13.0 Å². The van der Waals surface area contributed by atoms with Crippen molar-refractivity contribution < 1.29 is 9.53 Å². The third-order valence-electron chi connectivity index (χ3n) is 3.62. The van der Waals surface area contributed by atoms with Crippen LogP contribution in [0.5, 0.6) is 5.75 Å². The van der Waals surface area contributed by atoms with Gasteiger partial charge in [0.1, 0.15) is 12.4 Å². The largest absolute Gasteiger partial charge is 0.488 e. The number of nitrogens with one attached hydrogen (secondary N) is 1. The molecule has 2 aromatic carbocycles. The first kappa shape index (κ1) is 18.3. The molecule has 0 aliphatic rings. The molecule has 0 unspecified atom stereocenters. The van der Waals surface area contributed by atoms with Gasteiger partial charge >= 0.3 is 0 Å². The van der Waals surface area contributed by atoms with Crippen molar-refractivity contribution in [3.63, 3.8) is 0 Å². The van der Waals surface area contributed by atoms with E-state index in [1.54, 1.807) is 7.05 Å². The number of carbonyl (C=O) groups excluding carboxylic acids is 1. The molecule has 1 amide bonds. The molecule has 1 N–H and O–H groups in total. The van der Waals surface area contributed by atoms with Crippen molar-refractivity contribution in [1.82, 2.24) is 5.32 Å². The first-order chi connectivity index (χ1) is 11.0. The molecular formula is C18H19BrINO2. The van der Waals surface area contributed by atoms with Gasteiger partial charge in [0.2, 0.25) is 5.91 Å². The average Bonchev–Trinajstić information content (AvgIpc) is 2.55. The molecule has 0 aliphatic heterocycles. The average molecular weight is 488 g/mol. The number of ether oxygens (including phenoxy) is 1. The van der Waals surface area contributed by atoms with Crippen LogP contribution in [0.1, 0.15) is 23.6 Å². The second-order valence-electron chi connectivity index (χ2n) is 5.13. The van der Waals surface area contributed by atoms with Crippen molar-refractivity contribution in [2.75, 3.05) is 7.05 Å². The molecule has 23 heavy (non-hydrogen) atoms. The summed E-state index contributed by atoms with van der Waals surface area (Å²) in [5.74, 6) is 0.814. The van der Waals surface area contributed by atoms with Gasteiger partial charge in [0, 0.05) is 16.2 Å². The Morgan fingerprint density at radius 2 is 2.09 bits per heavy atom. The van der Waals surface area contributed by atoms with Crippen LogP contribution in [0.25, 0.3) is 0 Å². The maximum Gasteiger partial charge on any atom is 0.224 e. The lowest BCUT2D eigenvalue weighted by Crippen LogP contribution is -2.21. The Morgan fingerprint density at radius 3 is 2.74 bits per heavy atom. The lowest BCUT2D eigenvalue weighted by atomic mass is 10.0. The number of hydrogen-bond donors (Lipinski definition) is 1. The number of aryl methyl sites for hydroxylation is 1. The number of benzene rings is 2. The van der Waals surface area contributed by atoms with Crippen LogP contribution in [-0.2, 0) is 24.2 Å². The lowest BCUT2D eigenvalue weighted by Gasteiger charge is -2.14. The molecule has 0 saturated heterocycles. The number of hydrogen-bond acceptors (Lipinski definition) is 2. The highest BCUT2D eigenvalue weighted by molar-refractivity contribution is 14.1. The second kappa shape index (κ2) is 8.68. The summed E-state index contributed by atoms with van der Waals surface area (Å²) in [5.41, 5.74) is 3.32. The van der Waals surface area contributed by atoms with Crippen LogP contribution in [0, 0.1) is 3.57 Å². The summed E-state index contributed by atoms with van der Waals surface area (Å²) >= 11 is 5.84. The molecule has 122 valence electrons. The SMILES string of the molecule is CCc1ccc(OCc2c(I)cccc2CC(=O)NC)c(Br)c1. The maximum atomic E-state index is 11.7. The number of carbonyl (C=O) groups is 1. The van der Waals surface area contributed by atoms with Gasteiger partial charge in [-0.05, 0) is 74.3 Å². The normalized spacial score (nSPS) is 10.4. The molecular weight excluding hydrogens is 469 g/mol. The van der Waals surface area contributed by atoms with Gasteiger partial charge in [-0.25, -0.2) is 0 Å². The highest BCUT2D eigenvalue weighted by atomic mass is 127. The van der Waals surface area contributed by atoms with Crippen LogP contribution in [0.15, 0.2) is 40.9 Å². The minimum Gasteiger partial charge on any atom is -0.488 e. The third-order valence-corrected chi connectivity index (χ3v) is 5.25. The first-order valence-electron chi connectivity index (χ1n) is 7.43. The van der Waals surface area contributed by atoms with E-state index in [-0.39, 0.29) is 5.91 Å². The fourth-order valence-electron chi connectivity index (χ4n) is 2.22. The molecule has 2 aromatic rings. The summed E-state index contributed by atoms with van der Waals surface area (Å²) in [6, 6.07) is 12.1. The number of amides is 1. The first-order valence-corrected chi connectivity index (χ1v) is 9.30. The Kier molecular flexibility index (Phi) is 6.89. The quantitative estimate of drug-likeness (QED) is 0.610. The minimum absolute atomic E-state index is 0.00160. The highest BCUT2D eigenvalue weighted by Gasteiger charge is 2.11. The monoisotopic (exact) mass is 487 g/mol. The molecule has 3 nitrogen and oxygen atoms in total.